The van der Waals surface area contributed by atoms with Gasteiger partial charge >= 0.3 is 5.97 Å². The van der Waals surface area contributed by atoms with Crippen molar-refractivity contribution in [3.8, 4) is 0 Å². The van der Waals surface area contributed by atoms with E-state index in [0.29, 0.717) is 0 Å². The molecule has 21 heavy (non-hydrogen) atoms. The number of carboxylic acid groups (broad SMARTS) is 1. The molecule has 0 aliphatic rings. The summed E-state index contributed by atoms with van der Waals surface area (Å²) in [7, 11) is 1.89. The second kappa shape index (κ2) is 5.20. The Bertz CT molecular complexity index is 928. The molecule has 4 nitrogen and oxygen atoms in total. The van der Waals surface area contributed by atoms with Gasteiger partial charge in [-0.1, -0.05) is 6.07 Å². The van der Waals surface area contributed by atoms with Gasteiger partial charge in [0.1, 0.15) is 0 Å². The molecule has 2 heterocycles. The van der Waals surface area contributed by atoms with E-state index in [-0.39, 0.29) is 5.70 Å². The zero-order chi connectivity index (χ0) is 15.0. The zero-order valence-corrected chi connectivity index (χ0v) is 12.6. The lowest BCUT2D eigenvalue weighted by Crippen LogP contribution is -1.94. The Kier molecular flexibility index (Phi) is 3.37. The fraction of sp³-hybridized carbons (Fsp3) is 0.0667. The standard InChI is InChI=1S/C15H10N2O2S2/c1-16-8-3-4-10-12(5-8)21-13-7-9(20-14(10)13)6-11(17-2)15(18)19/h3-7,16H,1H3,(H,18,19)/b11-6-. The lowest BCUT2D eigenvalue weighted by molar-refractivity contribution is -0.132. The number of hydrogen-bond donors (Lipinski definition) is 2. The van der Waals surface area contributed by atoms with Gasteiger partial charge in [0, 0.05) is 32.4 Å². The Morgan fingerprint density at radius 3 is 2.81 bits per heavy atom. The van der Waals surface area contributed by atoms with Gasteiger partial charge in [-0.25, -0.2) is 4.85 Å². The van der Waals surface area contributed by atoms with Gasteiger partial charge < -0.3 is 10.4 Å². The van der Waals surface area contributed by atoms with Gasteiger partial charge in [0.05, 0.1) is 11.3 Å². The molecule has 0 bridgehead atoms. The molecule has 0 radical (unpaired) electrons. The van der Waals surface area contributed by atoms with Crippen molar-refractivity contribution in [1.82, 2.24) is 0 Å². The molecule has 2 N–H and O–H groups in total. The maximum atomic E-state index is 10.9. The predicted octanol–water partition coefficient (Wildman–Crippen LogP) is 4.50. The number of nitrogens with zero attached hydrogens (tertiary/aromatic N) is 1. The minimum Gasteiger partial charge on any atom is -0.486 e. The summed E-state index contributed by atoms with van der Waals surface area (Å²) < 4.78 is 3.45. The van der Waals surface area contributed by atoms with Crippen LogP contribution in [0.2, 0.25) is 0 Å². The molecule has 0 saturated carbocycles. The highest BCUT2D eigenvalue weighted by Gasteiger charge is 2.12. The Hall–Kier alpha value is -2.36. The number of fused-ring (bicyclic) bond motifs is 3. The number of carbonyl (C=O) groups is 1. The van der Waals surface area contributed by atoms with Crippen LogP contribution in [-0.4, -0.2) is 18.1 Å². The molecule has 0 saturated heterocycles. The molecule has 0 aliphatic heterocycles. The molecule has 3 aromatic rings. The van der Waals surface area contributed by atoms with Crippen molar-refractivity contribution in [2.24, 2.45) is 0 Å². The third-order valence-corrected chi connectivity index (χ3v) is 5.41. The molecule has 0 fully saturated rings. The Labute approximate surface area is 128 Å². The number of anilines is 1. The first kappa shape index (κ1) is 13.6. The average molecular weight is 314 g/mol. The monoisotopic (exact) mass is 314 g/mol. The topological polar surface area (TPSA) is 53.7 Å². The zero-order valence-electron chi connectivity index (χ0n) is 11.0. The highest BCUT2D eigenvalue weighted by atomic mass is 32.1. The van der Waals surface area contributed by atoms with Gasteiger partial charge in [0.15, 0.2) is 0 Å². The smallest absolute Gasteiger partial charge is 0.333 e. The summed E-state index contributed by atoms with van der Waals surface area (Å²) in [5, 5.41) is 13.2. The summed E-state index contributed by atoms with van der Waals surface area (Å²) in [6, 6.07) is 8.13. The largest absolute Gasteiger partial charge is 0.486 e. The van der Waals surface area contributed by atoms with Crippen LogP contribution in [0.5, 0.6) is 0 Å². The van der Waals surface area contributed by atoms with Crippen LogP contribution >= 0.6 is 22.7 Å². The third-order valence-electron chi connectivity index (χ3n) is 3.07. The average Bonchev–Trinajstić information content (AvgIpc) is 3.00. The molecular formula is C15H10N2O2S2. The number of thiophene rings is 2. The van der Waals surface area contributed by atoms with Crippen molar-refractivity contribution in [3.63, 3.8) is 0 Å². The Balaban J connectivity index is 2.14. The maximum absolute atomic E-state index is 10.9. The molecule has 1 aromatic carbocycles. The first-order valence-corrected chi connectivity index (χ1v) is 7.72. The predicted molar refractivity (Wildman–Crippen MR) is 89.0 cm³/mol. The van der Waals surface area contributed by atoms with E-state index in [1.54, 1.807) is 11.3 Å². The van der Waals surface area contributed by atoms with E-state index in [0.717, 1.165) is 20.0 Å². The first-order chi connectivity index (χ1) is 10.1. The highest BCUT2D eigenvalue weighted by Crippen LogP contribution is 2.40. The Morgan fingerprint density at radius 1 is 1.33 bits per heavy atom. The molecule has 0 unspecified atom stereocenters. The van der Waals surface area contributed by atoms with E-state index in [4.69, 9.17) is 11.7 Å². The van der Waals surface area contributed by atoms with E-state index in [9.17, 15) is 4.79 Å². The van der Waals surface area contributed by atoms with Gasteiger partial charge in [0.25, 0.3) is 5.70 Å². The van der Waals surface area contributed by atoms with Crippen molar-refractivity contribution in [3.05, 3.63) is 46.3 Å². The van der Waals surface area contributed by atoms with E-state index >= 15 is 0 Å². The van der Waals surface area contributed by atoms with Crippen LogP contribution in [-0.2, 0) is 4.79 Å². The van der Waals surface area contributed by atoms with E-state index in [1.807, 2.05) is 19.2 Å². The number of nitrogens with one attached hydrogen (secondary N) is 1. The van der Waals surface area contributed by atoms with Crippen molar-refractivity contribution in [2.45, 2.75) is 0 Å². The fourth-order valence-corrected chi connectivity index (χ4v) is 4.58. The molecule has 0 spiro atoms. The molecule has 3 rings (SSSR count). The molecule has 104 valence electrons. The molecule has 2 aromatic heterocycles. The first-order valence-electron chi connectivity index (χ1n) is 6.08. The molecular weight excluding hydrogens is 304 g/mol. The van der Waals surface area contributed by atoms with Crippen LogP contribution in [0.1, 0.15) is 4.88 Å². The van der Waals surface area contributed by atoms with Crippen LogP contribution in [0.25, 0.3) is 30.4 Å². The lowest BCUT2D eigenvalue weighted by atomic mass is 10.2. The number of aliphatic carboxylic acids is 1. The van der Waals surface area contributed by atoms with Gasteiger partial charge in [-0.2, -0.15) is 0 Å². The van der Waals surface area contributed by atoms with E-state index in [1.165, 1.54) is 27.5 Å². The summed E-state index contributed by atoms with van der Waals surface area (Å²) in [6.45, 7) is 6.89. The van der Waals surface area contributed by atoms with Gasteiger partial charge in [-0.15, -0.1) is 22.7 Å². The SMILES string of the molecule is [C-]#[N+]/C(=C\c1cc2sc3cc(NC)ccc3c2s1)C(=O)O. The minimum atomic E-state index is -1.19. The van der Waals surface area contributed by atoms with Gasteiger partial charge in [-0.3, -0.25) is 4.79 Å². The van der Waals surface area contributed by atoms with Crippen LogP contribution in [0.15, 0.2) is 30.0 Å². The van der Waals surface area contributed by atoms with Gasteiger partial charge in [0.2, 0.25) is 0 Å². The van der Waals surface area contributed by atoms with Crippen molar-refractivity contribution >= 4 is 59.9 Å². The normalized spacial score (nSPS) is 11.7. The quantitative estimate of drug-likeness (QED) is 0.553. The van der Waals surface area contributed by atoms with Crippen LogP contribution in [0, 0.1) is 6.57 Å². The fourth-order valence-electron chi connectivity index (χ4n) is 2.07. The molecule has 0 atom stereocenters. The highest BCUT2D eigenvalue weighted by molar-refractivity contribution is 7.33. The molecule has 6 heteroatoms. The minimum absolute atomic E-state index is 0.259. The number of hydrogen-bond acceptors (Lipinski definition) is 4. The van der Waals surface area contributed by atoms with Crippen molar-refractivity contribution < 1.29 is 9.90 Å². The van der Waals surface area contributed by atoms with Crippen LogP contribution < -0.4 is 5.32 Å². The summed E-state index contributed by atoms with van der Waals surface area (Å²) in [6.07, 6.45) is 1.43. The summed E-state index contributed by atoms with van der Waals surface area (Å²) >= 11 is 3.19. The molecule has 0 amide bonds. The number of benzene rings is 1. The third kappa shape index (κ3) is 2.37. The van der Waals surface area contributed by atoms with Crippen molar-refractivity contribution in [2.75, 3.05) is 12.4 Å². The summed E-state index contributed by atoms with van der Waals surface area (Å²) in [4.78, 5) is 14.7. The van der Waals surface area contributed by atoms with E-state index in [2.05, 4.69) is 22.3 Å². The van der Waals surface area contributed by atoms with Crippen LogP contribution in [0.4, 0.5) is 5.69 Å². The Morgan fingerprint density at radius 2 is 2.14 bits per heavy atom. The van der Waals surface area contributed by atoms with Crippen molar-refractivity contribution in [1.29, 1.82) is 0 Å². The lowest BCUT2D eigenvalue weighted by Gasteiger charge is -1.98. The summed E-state index contributed by atoms with van der Waals surface area (Å²) in [5.41, 5.74) is 0.809. The second-order valence-electron chi connectivity index (χ2n) is 4.35. The maximum Gasteiger partial charge on any atom is 0.333 e. The number of rotatable bonds is 3. The number of carboxylic acids is 1. The molecule has 0 aliphatic carbocycles. The summed E-state index contributed by atoms with van der Waals surface area (Å²) in [5.74, 6) is -1.19. The van der Waals surface area contributed by atoms with E-state index < -0.39 is 5.97 Å². The second-order valence-corrected chi connectivity index (χ2v) is 6.52. The van der Waals surface area contributed by atoms with Gasteiger partial charge in [-0.05, 0) is 24.3 Å². The van der Waals surface area contributed by atoms with Crippen LogP contribution in [0.3, 0.4) is 0 Å².